The average Bonchev–Trinajstić information content (AvgIpc) is 2.38. The molecule has 1 unspecified atom stereocenters. The Morgan fingerprint density at radius 1 is 1.35 bits per heavy atom. The highest BCUT2D eigenvalue weighted by molar-refractivity contribution is 5.50. The van der Waals surface area contributed by atoms with Gasteiger partial charge in [0.25, 0.3) is 0 Å². The summed E-state index contributed by atoms with van der Waals surface area (Å²) < 4.78 is 0. The van der Waals surface area contributed by atoms with Gasteiger partial charge in [0.15, 0.2) is 0 Å². The molecule has 0 saturated heterocycles. The molecule has 20 heavy (non-hydrogen) atoms. The molecule has 3 nitrogen and oxygen atoms in total. The van der Waals surface area contributed by atoms with E-state index in [1.165, 1.54) is 5.57 Å². The van der Waals surface area contributed by atoms with Gasteiger partial charge in [-0.2, -0.15) is 0 Å². The lowest BCUT2D eigenvalue weighted by Gasteiger charge is -2.22. The third-order valence-electron chi connectivity index (χ3n) is 3.37. The number of aromatic hydroxyl groups is 2. The number of hydrogen-bond acceptors (Lipinski definition) is 3. The van der Waals surface area contributed by atoms with Crippen LogP contribution in [0.2, 0.25) is 0 Å². The third kappa shape index (κ3) is 4.14. The van der Waals surface area contributed by atoms with Gasteiger partial charge in [-0.3, -0.25) is 0 Å². The van der Waals surface area contributed by atoms with E-state index < -0.39 is 0 Å². The summed E-state index contributed by atoms with van der Waals surface area (Å²) in [7, 11) is 0. The molecule has 1 atom stereocenters. The van der Waals surface area contributed by atoms with Crippen molar-refractivity contribution in [2.45, 2.75) is 45.6 Å². The van der Waals surface area contributed by atoms with Crippen LogP contribution in [0.1, 0.15) is 50.2 Å². The Hall–Kier alpha value is -1.74. The van der Waals surface area contributed by atoms with Crippen LogP contribution in [0.3, 0.4) is 0 Å². The smallest absolute Gasteiger partial charge is 0.123 e. The van der Waals surface area contributed by atoms with Gasteiger partial charge in [0.2, 0.25) is 0 Å². The van der Waals surface area contributed by atoms with E-state index in [1.807, 2.05) is 6.92 Å². The summed E-state index contributed by atoms with van der Waals surface area (Å²) in [5.74, 6) is 0.429. The molecule has 0 radical (unpaired) electrons. The number of phenols is 2. The molecule has 0 heterocycles. The van der Waals surface area contributed by atoms with E-state index in [9.17, 15) is 10.2 Å². The molecule has 1 aromatic carbocycles. The van der Waals surface area contributed by atoms with Crippen molar-refractivity contribution in [3.63, 3.8) is 0 Å². The maximum absolute atomic E-state index is 10.00. The maximum atomic E-state index is 10.00. The van der Waals surface area contributed by atoms with E-state index in [2.05, 4.69) is 19.6 Å². The Bertz CT molecular complexity index is 469. The standard InChI is InChI=1S/C14H19NO2.C3H6/c1-9-3-2-4-11(5-9)14-12(16)6-10(8-15)7-13(14)17;1-3-2/h5-7,11,16-17H,2-4,8,15H2,1H3;3H,1H2,2H3. The van der Waals surface area contributed by atoms with Crippen molar-refractivity contribution in [3.05, 3.63) is 47.6 Å². The monoisotopic (exact) mass is 275 g/mol. The number of allylic oxidation sites excluding steroid dienone is 3. The van der Waals surface area contributed by atoms with Crippen molar-refractivity contribution in [2.24, 2.45) is 5.73 Å². The number of rotatable bonds is 2. The lowest BCUT2D eigenvalue weighted by molar-refractivity contribution is 0.427. The fourth-order valence-corrected chi connectivity index (χ4v) is 2.52. The average molecular weight is 275 g/mol. The van der Waals surface area contributed by atoms with Crippen molar-refractivity contribution >= 4 is 0 Å². The Morgan fingerprint density at radius 2 is 1.90 bits per heavy atom. The van der Waals surface area contributed by atoms with Crippen molar-refractivity contribution in [3.8, 4) is 11.5 Å². The third-order valence-corrected chi connectivity index (χ3v) is 3.37. The van der Waals surface area contributed by atoms with E-state index in [-0.39, 0.29) is 17.4 Å². The predicted molar refractivity (Wildman–Crippen MR) is 83.9 cm³/mol. The molecule has 1 aliphatic rings. The molecule has 0 amide bonds. The molecule has 0 spiro atoms. The normalized spacial score (nSPS) is 17.8. The SMILES string of the molecule is C=CC.CC1=CC(c2c(O)cc(CN)cc2O)CCC1. The van der Waals surface area contributed by atoms with Crippen LogP contribution in [0.5, 0.6) is 11.5 Å². The molecule has 110 valence electrons. The van der Waals surface area contributed by atoms with Gasteiger partial charge >= 0.3 is 0 Å². The van der Waals surface area contributed by atoms with E-state index >= 15 is 0 Å². The minimum Gasteiger partial charge on any atom is -0.507 e. The van der Waals surface area contributed by atoms with E-state index in [0.717, 1.165) is 24.8 Å². The van der Waals surface area contributed by atoms with E-state index in [4.69, 9.17) is 5.73 Å². The molecule has 1 aromatic rings. The summed E-state index contributed by atoms with van der Waals surface area (Å²) in [5.41, 5.74) is 8.22. The molecule has 0 aliphatic heterocycles. The van der Waals surface area contributed by atoms with E-state index in [1.54, 1.807) is 18.2 Å². The Labute approximate surface area is 121 Å². The molecule has 0 aromatic heterocycles. The minimum absolute atomic E-state index is 0.121. The highest BCUT2D eigenvalue weighted by atomic mass is 16.3. The van der Waals surface area contributed by atoms with Crippen LogP contribution in [0.4, 0.5) is 0 Å². The summed E-state index contributed by atoms with van der Waals surface area (Å²) in [6, 6.07) is 3.29. The highest BCUT2D eigenvalue weighted by Crippen LogP contribution is 2.41. The van der Waals surface area contributed by atoms with Crippen LogP contribution in [0, 0.1) is 0 Å². The largest absolute Gasteiger partial charge is 0.507 e. The Kier molecular flexibility index (Phi) is 6.32. The topological polar surface area (TPSA) is 66.5 Å². The quantitative estimate of drug-likeness (QED) is 0.716. The first-order valence-electron chi connectivity index (χ1n) is 7.02. The zero-order valence-corrected chi connectivity index (χ0v) is 12.4. The molecule has 0 bridgehead atoms. The first-order valence-corrected chi connectivity index (χ1v) is 7.02. The lowest BCUT2D eigenvalue weighted by atomic mass is 9.85. The first-order chi connectivity index (χ1) is 9.53. The number of hydrogen-bond donors (Lipinski definition) is 3. The van der Waals surface area contributed by atoms with Crippen molar-refractivity contribution in [2.75, 3.05) is 0 Å². The molecular formula is C17H25NO2. The van der Waals surface area contributed by atoms with E-state index in [0.29, 0.717) is 12.1 Å². The zero-order chi connectivity index (χ0) is 15.1. The highest BCUT2D eigenvalue weighted by Gasteiger charge is 2.20. The minimum atomic E-state index is 0.121. The second-order valence-electron chi connectivity index (χ2n) is 5.17. The summed E-state index contributed by atoms with van der Waals surface area (Å²) in [6.45, 7) is 7.66. The number of nitrogens with two attached hydrogens (primary N) is 1. The van der Waals surface area contributed by atoms with Gasteiger partial charge in [0, 0.05) is 18.0 Å². The van der Waals surface area contributed by atoms with Crippen LogP contribution in [-0.4, -0.2) is 10.2 Å². The predicted octanol–water partition coefficient (Wildman–Crippen LogP) is 3.96. The fourth-order valence-electron chi connectivity index (χ4n) is 2.52. The number of benzene rings is 1. The van der Waals surface area contributed by atoms with Gasteiger partial charge in [0.1, 0.15) is 11.5 Å². The molecule has 0 fully saturated rings. The first kappa shape index (κ1) is 16.3. The molecule has 0 saturated carbocycles. The summed E-state index contributed by atoms with van der Waals surface area (Å²) in [6.07, 6.45) is 7.07. The second kappa shape index (κ2) is 7.75. The van der Waals surface area contributed by atoms with Crippen LogP contribution in [0.15, 0.2) is 36.4 Å². The molecular weight excluding hydrogens is 250 g/mol. The zero-order valence-electron chi connectivity index (χ0n) is 12.4. The van der Waals surface area contributed by atoms with Gasteiger partial charge in [-0.1, -0.05) is 17.7 Å². The van der Waals surface area contributed by atoms with Crippen molar-refractivity contribution in [1.82, 2.24) is 0 Å². The van der Waals surface area contributed by atoms with Crippen LogP contribution < -0.4 is 5.73 Å². The van der Waals surface area contributed by atoms with Gasteiger partial charge in [-0.25, -0.2) is 0 Å². The van der Waals surface area contributed by atoms with Crippen LogP contribution in [0.25, 0.3) is 0 Å². The summed E-state index contributed by atoms with van der Waals surface area (Å²) >= 11 is 0. The van der Waals surface area contributed by atoms with Crippen molar-refractivity contribution < 1.29 is 10.2 Å². The van der Waals surface area contributed by atoms with Crippen LogP contribution in [-0.2, 0) is 6.54 Å². The van der Waals surface area contributed by atoms with Gasteiger partial charge in [-0.05, 0) is 50.8 Å². The lowest BCUT2D eigenvalue weighted by Crippen LogP contribution is -2.04. The van der Waals surface area contributed by atoms with Gasteiger partial charge in [0.05, 0.1) is 0 Å². The maximum Gasteiger partial charge on any atom is 0.123 e. The van der Waals surface area contributed by atoms with Gasteiger partial charge in [-0.15, -0.1) is 6.58 Å². The second-order valence-corrected chi connectivity index (χ2v) is 5.17. The molecule has 4 N–H and O–H groups in total. The Balaban J connectivity index is 0.000000612. The molecule has 1 aliphatic carbocycles. The fraction of sp³-hybridized carbons (Fsp3) is 0.412. The van der Waals surface area contributed by atoms with Gasteiger partial charge < -0.3 is 15.9 Å². The Morgan fingerprint density at radius 3 is 2.35 bits per heavy atom. The number of phenolic OH excluding ortho intramolecular Hbond substituents is 2. The van der Waals surface area contributed by atoms with Crippen molar-refractivity contribution in [1.29, 1.82) is 0 Å². The van der Waals surface area contributed by atoms with Crippen LogP contribution >= 0.6 is 0 Å². The summed E-state index contributed by atoms with van der Waals surface area (Å²) in [5, 5.41) is 20.0. The molecule has 3 heteroatoms. The molecule has 2 rings (SSSR count). The summed E-state index contributed by atoms with van der Waals surface area (Å²) in [4.78, 5) is 0.